The summed E-state index contributed by atoms with van der Waals surface area (Å²) in [6.45, 7) is 0. The summed E-state index contributed by atoms with van der Waals surface area (Å²) in [5.74, 6) is 0.0261. The first kappa shape index (κ1) is 23.3. The van der Waals surface area contributed by atoms with E-state index in [1.165, 1.54) is 23.8 Å². The summed E-state index contributed by atoms with van der Waals surface area (Å²) in [4.78, 5) is 12.9. The summed E-state index contributed by atoms with van der Waals surface area (Å²) >= 11 is 12.0. The molecule has 4 aromatic carbocycles. The van der Waals surface area contributed by atoms with Crippen molar-refractivity contribution in [2.24, 2.45) is 0 Å². The number of benzene rings is 4. The Kier molecular flexibility index (Phi) is 7.03. The minimum absolute atomic E-state index is 0.0261. The third kappa shape index (κ3) is 5.56. The lowest BCUT2D eigenvalue weighted by atomic mass is 9.97. The van der Waals surface area contributed by atoms with Crippen molar-refractivity contribution >= 4 is 55.5 Å². The van der Waals surface area contributed by atoms with Crippen molar-refractivity contribution in [1.82, 2.24) is 0 Å². The molecule has 0 bridgehead atoms. The summed E-state index contributed by atoms with van der Waals surface area (Å²) in [7, 11) is -3.93. The number of halogens is 2. The smallest absolute Gasteiger partial charge is 0.262 e. The molecule has 4 aromatic rings. The number of Topliss-reactive ketones (excluding diaryl/α,β-unsaturated/α-hetero) is 1. The number of carbonyl (C=O) groups excluding carboxylic acids is 1. The van der Waals surface area contributed by atoms with Crippen LogP contribution in [0.2, 0.25) is 10.0 Å². The second-order valence-electron chi connectivity index (χ2n) is 7.68. The van der Waals surface area contributed by atoms with Crippen molar-refractivity contribution in [2.45, 2.75) is 24.2 Å². The predicted molar refractivity (Wildman–Crippen MR) is 135 cm³/mol. The standard InChI is InChI=1S/C26H21Cl2NO3S/c27-19-15-20(28)17-21(16-19)33(31,32)29-25-13-6-10-22-23(25)11-5-12-24(22)26(30)14-4-9-18-7-2-1-3-8-18/h1-3,5-8,10-13,15-17,29H,4,9,14H2. The van der Waals surface area contributed by atoms with Gasteiger partial charge in [-0.1, -0.05) is 83.9 Å². The lowest BCUT2D eigenvalue weighted by molar-refractivity contribution is 0.0982. The third-order valence-corrected chi connectivity index (χ3v) is 7.11. The summed E-state index contributed by atoms with van der Waals surface area (Å²) < 4.78 is 28.5. The van der Waals surface area contributed by atoms with Gasteiger partial charge in [-0.05, 0) is 48.1 Å². The zero-order valence-electron chi connectivity index (χ0n) is 17.6. The molecule has 0 unspecified atom stereocenters. The molecule has 4 nitrogen and oxygen atoms in total. The molecule has 0 aliphatic carbocycles. The van der Waals surface area contributed by atoms with Gasteiger partial charge in [0.15, 0.2) is 5.78 Å². The Morgan fingerprint density at radius 3 is 2.18 bits per heavy atom. The van der Waals surface area contributed by atoms with Crippen LogP contribution in [-0.2, 0) is 16.4 Å². The maximum atomic E-state index is 13.0. The van der Waals surface area contributed by atoms with Crippen molar-refractivity contribution in [3.05, 3.63) is 106 Å². The van der Waals surface area contributed by atoms with Crippen molar-refractivity contribution in [2.75, 3.05) is 4.72 Å². The fourth-order valence-electron chi connectivity index (χ4n) is 3.76. The second-order valence-corrected chi connectivity index (χ2v) is 10.2. The number of sulfonamides is 1. The first-order chi connectivity index (χ1) is 15.8. The van der Waals surface area contributed by atoms with Crippen LogP contribution >= 0.6 is 23.2 Å². The van der Waals surface area contributed by atoms with Gasteiger partial charge in [-0.15, -0.1) is 0 Å². The topological polar surface area (TPSA) is 63.2 Å². The van der Waals surface area contributed by atoms with E-state index in [0.717, 1.165) is 12.8 Å². The highest BCUT2D eigenvalue weighted by Gasteiger charge is 2.18. The predicted octanol–water partition coefficient (Wildman–Crippen LogP) is 7.15. The van der Waals surface area contributed by atoms with E-state index in [1.807, 2.05) is 36.4 Å². The maximum Gasteiger partial charge on any atom is 0.262 e. The fourth-order valence-corrected chi connectivity index (χ4v) is 5.57. The average Bonchev–Trinajstić information content (AvgIpc) is 2.79. The largest absolute Gasteiger partial charge is 0.294 e. The van der Waals surface area contributed by atoms with Crippen LogP contribution in [0.3, 0.4) is 0 Å². The van der Waals surface area contributed by atoms with Gasteiger partial charge in [-0.3, -0.25) is 9.52 Å². The summed E-state index contributed by atoms with van der Waals surface area (Å²) in [6.07, 6.45) is 1.97. The van der Waals surface area contributed by atoms with E-state index in [4.69, 9.17) is 23.2 Å². The van der Waals surface area contributed by atoms with E-state index in [-0.39, 0.29) is 20.7 Å². The Hall–Kier alpha value is -2.86. The summed E-state index contributed by atoms with van der Waals surface area (Å²) in [6, 6.07) is 24.7. The normalized spacial score (nSPS) is 11.5. The van der Waals surface area contributed by atoms with Crippen molar-refractivity contribution in [3.8, 4) is 0 Å². The summed E-state index contributed by atoms with van der Waals surface area (Å²) in [5.41, 5.74) is 2.15. The van der Waals surface area contributed by atoms with Gasteiger partial charge < -0.3 is 0 Å². The van der Waals surface area contributed by atoms with Crippen LogP contribution < -0.4 is 4.72 Å². The first-order valence-electron chi connectivity index (χ1n) is 10.4. The van der Waals surface area contributed by atoms with E-state index >= 15 is 0 Å². The maximum absolute atomic E-state index is 13.0. The molecule has 4 rings (SSSR count). The molecule has 0 saturated heterocycles. The molecule has 0 aliphatic rings. The van der Waals surface area contributed by atoms with Crippen molar-refractivity contribution in [3.63, 3.8) is 0 Å². The van der Waals surface area contributed by atoms with Crippen LogP contribution in [-0.4, -0.2) is 14.2 Å². The van der Waals surface area contributed by atoms with E-state index in [0.29, 0.717) is 28.4 Å². The van der Waals surface area contributed by atoms with Gasteiger partial charge in [0.1, 0.15) is 0 Å². The number of rotatable bonds is 8. The minimum atomic E-state index is -3.93. The monoisotopic (exact) mass is 497 g/mol. The Bertz CT molecular complexity index is 1400. The second kappa shape index (κ2) is 9.96. The molecule has 0 fully saturated rings. The minimum Gasteiger partial charge on any atom is -0.294 e. The molecule has 0 heterocycles. The quantitative estimate of drug-likeness (QED) is 0.262. The molecule has 1 N–H and O–H groups in total. The molecule has 0 aromatic heterocycles. The zero-order valence-corrected chi connectivity index (χ0v) is 19.9. The average molecular weight is 498 g/mol. The van der Waals surface area contributed by atoms with Gasteiger partial charge in [0, 0.05) is 27.4 Å². The molecule has 0 radical (unpaired) electrons. The van der Waals surface area contributed by atoms with Crippen LogP contribution in [0.4, 0.5) is 5.69 Å². The van der Waals surface area contributed by atoms with Gasteiger partial charge in [-0.2, -0.15) is 0 Å². The lowest BCUT2D eigenvalue weighted by Crippen LogP contribution is -2.13. The molecular formula is C26H21Cl2NO3S. The molecule has 7 heteroatoms. The van der Waals surface area contributed by atoms with Crippen molar-refractivity contribution in [1.29, 1.82) is 0 Å². The molecule has 33 heavy (non-hydrogen) atoms. The van der Waals surface area contributed by atoms with E-state index in [1.54, 1.807) is 30.3 Å². The van der Waals surface area contributed by atoms with Gasteiger partial charge >= 0.3 is 0 Å². The highest BCUT2D eigenvalue weighted by atomic mass is 35.5. The number of hydrogen-bond donors (Lipinski definition) is 1. The summed E-state index contributed by atoms with van der Waals surface area (Å²) in [5, 5.41) is 1.79. The highest BCUT2D eigenvalue weighted by Crippen LogP contribution is 2.30. The molecule has 0 aliphatic heterocycles. The number of fused-ring (bicyclic) bond motifs is 1. The molecular weight excluding hydrogens is 477 g/mol. The highest BCUT2D eigenvalue weighted by molar-refractivity contribution is 7.92. The van der Waals surface area contributed by atoms with Crippen LogP contribution in [0.25, 0.3) is 10.8 Å². The lowest BCUT2D eigenvalue weighted by Gasteiger charge is -2.13. The SMILES string of the molecule is O=C(CCCc1ccccc1)c1cccc2c(NS(=O)(=O)c3cc(Cl)cc(Cl)c3)cccc12. The Labute approximate surface area is 203 Å². The van der Waals surface area contributed by atoms with Gasteiger partial charge in [0.25, 0.3) is 10.0 Å². The van der Waals surface area contributed by atoms with Gasteiger partial charge in [0.2, 0.25) is 0 Å². The number of carbonyl (C=O) groups is 1. The number of hydrogen-bond acceptors (Lipinski definition) is 3. The number of aryl methyl sites for hydroxylation is 1. The Balaban J connectivity index is 1.59. The van der Waals surface area contributed by atoms with E-state index in [9.17, 15) is 13.2 Å². The number of ketones is 1. The molecule has 0 atom stereocenters. The van der Waals surface area contributed by atoms with Crippen molar-refractivity contribution < 1.29 is 13.2 Å². The first-order valence-corrected chi connectivity index (χ1v) is 12.7. The van der Waals surface area contributed by atoms with Crippen LogP contribution in [0.15, 0.2) is 89.8 Å². The van der Waals surface area contributed by atoms with E-state index in [2.05, 4.69) is 4.72 Å². The van der Waals surface area contributed by atoms with E-state index < -0.39 is 10.0 Å². The Morgan fingerprint density at radius 2 is 1.45 bits per heavy atom. The number of anilines is 1. The molecule has 168 valence electrons. The zero-order chi connectivity index (χ0) is 23.4. The molecule has 0 spiro atoms. The number of nitrogens with one attached hydrogen (secondary N) is 1. The van der Waals surface area contributed by atoms with Gasteiger partial charge in [-0.25, -0.2) is 8.42 Å². The van der Waals surface area contributed by atoms with Crippen LogP contribution in [0, 0.1) is 0 Å². The molecule has 0 saturated carbocycles. The Morgan fingerprint density at radius 1 is 0.788 bits per heavy atom. The molecule has 0 amide bonds. The van der Waals surface area contributed by atoms with Crippen LogP contribution in [0.5, 0.6) is 0 Å². The van der Waals surface area contributed by atoms with Gasteiger partial charge in [0.05, 0.1) is 10.6 Å². The fraction of sp³-hybridized carbons (Fsp3) is 0.115. The third-order valence-electron chi connectivity index (χ3n) is 5.33. The van der Waals surface area contributed by atoms with Crippen LogP contribution in [0.1, 0.15) is 28.8 Å².